The van der Waals surface area contributed by atoms with Gasteiger partial charge in [0.15, 0.2) is 0 Å². The number of methoxy groups -OCH3 is 1. The predicted molar refractivity (Wildman–Crippen MR) is 102 cm³/mol. The minimum Gasteiger partial charge on any atom is -0.497 e. The summed E-state index contributed by atoms with van der Waals surface area (Å²) in [5.41, 5.74) is 3.97. The lowest BCUT2D eigenvalue weighted by atomic mass is 9.98. The molecule has 2 heterocycles. The summed E-state index contributed by atoms with van der Waals surface area (Å²) in [7, 11) is 1.66. The van der Waals surface area contributed by atoms with Crippen molar-refractivity contribution in [1.82, 2.24) is 9.80 Å². The standard InChI is InChI=1S/C22H26N2O2/c1-26-21-8-6-17(7-9-21)14-22(25)24-13-11-20(16-24)23-12-10-18-4-2-3-5-19(18)15-23/h2-9,20H,10-16H2,1H3. The molecule has 0 aliphatic carbocycles. The fourth-order valence-electron chi connectivity index (χ4n) is 4.13. The molecule has 1 unspecified atom stereocenters. The van der Waals surface area contributed by atoms with Gasteiger partial charge in [-0.25, -0.2) is 0 Å². The number of likely N-dealkylation sites (tertiary alicyclic amines) is 1. The number of carbonyl (C=O) groups is 1. The lowest BCUT2D eigenvalue weighted by Crippen LogP contribution is -2.41. The van der Waals surface area contributed by atoms with Crippen molar-refractivity contribution in [2.75, 3.05) is 26.7 Å². The minimum atomic E-state index is 0.232. The molecule has 0 saturated carbocycles. The normalized spacial score (nSPS) is 20.0. The van der Waals surface area contributed by atoms with E-state index in [0.717, 1.165) is 50.3 Å². The summed E-state index contributed by atoms with van der Waals surface area (Å²) in [5.74, 6) is 1.06. The minimum absolute atomic E-state index is 0.232. The SMILES string of the molecule is COc1ccc(CC(=O)N2CCC(N3CCc4ccccc4C3)C2)cc1. The first-order chi connectivity index (χ1) is 12.7. The van der Waals surface area contributed by atoms with E-state index in [9.17, 15) is 4.79 Å². The summed E-state index contributed by atoms with van der Waals surface area (Å²) < 4.78 is 5.18. The first-order valence-electron chi connectivity index (χ1n) is 9.44. The number of nitrogens with zero attached hydrogens (tertiary/aromatic N) is 2. The van der Waals surface area contributed by atoms with Crippen LogP contribution in [0.15, 0.2) is 48.5 Å². The van der Waals surface area contributed by atoms with Crippen molar-refractivity contribution in [2.45, 2.75) is 31.8 Å². The molecule has 2 aliphatic rings. The number of benzene rings is 2. The quantitative estimate of drug-likeness (QED) is 0.850. The molecule has 4 rings (SSSR count). The van der Waals surface area contributed by atoms with Gasteiger partial charge in [0.25, 0.3) is 0 Å². The van der Waals surface area contributed by atoms with E-state index in [0.29, 0.717) is 12.5 Å². The zero-order valence-corrected chi connectivity index (χ0v) is 15.4. The number of ether oxygens (including phenoxy) is 1. The summed E-state index contributed by atoms with van der Waals surface area (Å²) in [4.78, 5) is 17.3. The molecule has 0 aromatic heterocycles. The van der Waals surface area contributed by atoms with Gasteiger partial charge in [-0.05, 0) is 41.7 Å². The summed E-state index contributed by atoms with van der Waals surface area (Å²) in [6.45, 7) is 3.85. The van der Waals surface area contributed by atoms with E-state index >= 15 is 0 Å². The second-order valence-corrected chi connectivity index (χ2v) is 7.30. The van der Waals surface area contributed by atoms with Crippen LogP contribution in [0.5, 0.6) is 5.75 Å². The van der Waals surface area contributed by atoms with E-state index in [2.05, 4.69) is 29.2 Å². The number of hydrogen-bond donors (Lipinski definition) is 0. The van der Waals surface area contributed by atoms with Crippen LogP contribution >= 0.6 is 0 Å². The first-order valence-corrected chi connectivity index (χ1v) is 9.44. The highest BCUT2D eigenvalue weighted by Gasteiger charge is 2.31. The summed E-state index contributed by atoms with van der Waals surface area (Å²) in [6.07, 6.45) is 2.67. The lowest BCUT2D eigenvalue weighted by molar-refractivity contribution is -0.129. The fraction of sp³-hybridized carbons (Fsp3) is 0.409. The fourth-order valence-corrected chi connectivity index (χ4v) is 4.13. The van der Waals surface area contributed by atoms with Gasteiger partial charge in [0, 0.05) is 32.2 Å². The second kappa shape index (κ2) is 7.50. The Morgan fingerprint density at radius 1 is 1.08 bits per heavy atom. The zero-order chi connectivity index (χ0) is 17.9. The van der Waals surface area contributed by atoms with E-state index in [1.54, 1.807) is 7.11 Å². The Hall–Kier alpha value is -2.33. The highest BCUT2D eigenvalue weighted by molar-refractivity contribution is 5.79. The van der Waals surface area contributed by atoms with Gasteiger partial charge in [-0.2, -0.15) is 0 Å². The molecule has 1 atom stereocenters. The Morgan fingerprint density at radius 3 is 2.62 bits per heavy atom. The summed E-state index contributed by atoms with van der Waals surface area (Å²) in [6, 6.07) is 17.0. The number of fused-ring (bicyclic) bond motifs is 1. The van der Waals surface area contributed by atoms with Crippen LogP contribution in [0, 0.1) is 0 Å². The Morgan fingerprint density at radius 2 is 1.85 bits per heavy atom. The Labute approximate surface area is 155 Å². The van der Waals surface area contributed by atoms with Crippen molar-refractivity contribution >= 4 is 5.91 Å². The van der Waals surface area contributed by atoms with Crippen molar-refractivity contribution in [3.63, 3.8) is 0 Å². The van der Waals surface area contributed by atoms with E-state index in [1.165, 1.54) is 11.1 Å². The largest absolute Gasteiger partial charge is 0.497 e. The number of carbonyl (C=O) groups excluding carboxylic acids is 1. The molecule has 26 heavy (non-hydrogen) atoms. The first kappa shape index (κ1) is 17.1. The maximum Gasteiger partial charge on any atom is 0.227 e. The Kier molecular flexibility index (Phi) is 4.93. The monoisotopic (exact) mass is 350 g/mol. The van der Waals surface area contributed by atoms with Crippen LogP contribution in [-0.2, 0) is 24.2 Å². The lowest BCUT2D eigenvalue weighted by Gasteiger charge is -2.33. The third-order valence-electron chi connectivity index (χ3n) is 5.71. The number of amides is 1. The van der Waals surface area contributed by atoms with Crippen molar-refractivity contribution in [3.8, 4) is 5.75 Å². The van der Waals surface area contributed by atoms with Gasteiger partial charge in [-0.15, -0.1) is 0 Å². The molecule has 2 aromatic rings. The summed E-state index contributed by atoms with van der Waals surface area (Å²) in [5, 5.41) is 0. The molecule has 2 aromatic carbocycles. The van der Waals surface area contributed by atoms with Gasteiger partial charge in [-0.3, -0.25) is 9.69 Å². The molecule has 136 valence electrons. The van der Waals surface area contributed by atoms with Crippen LogP contribution in [0.25, 0.3) is 0 Å². The molecule has 0 N–H and O–H groups in total. The maximum absolute atomic E-state index is 12.7. The van der Waals surface area contributed by atoms with Crippen LogP contribution in [0.3, 0.4) is 0 Å². The smallest absolute Gasteiger partial charge is 0.227 e. The van der Waals surface area contributed by atoms with E-state index < -0.39 is 0 Å². The van der Waals surface area contributed by atoms with E-state index in [4.69, 9.17) is 4.74 Å². The second-order valence-electron chi connectivity index (χ2n) is 7.30. The van der Waals surface area contributed by atoms with Gasteiger partial charge in [-0.1, -0.05) is 36.4 Å². The van der Waals surface area contributed by atoms with Gasteiger partial charge >= 0.3 is 0 Å². The molecule has 1 amide bonds. The van der Waals surface area contributed by atoms with Gasteiger partial charge in [0.1, 0.15) is 5.75 Å². The highest BCUT2D eigenvalue weighted by atomic mass is 16.5. The van der Waals surface area contributed by atoms with Crippen LogP contribution in [0.4, 0.5) is 0 Å². The Balaban J connectivity index is 1.34. The average molecular weight is 350 g/mol. The third kappa shape index (κ3) is 3.61. The maximum atomic E-state index is 12.7. The van der Waals surface area contributed by atoms with Gasteiger partial charge < -0.3 is 9.64 Å². The van der Waals surface area contributed by atoms with Crippen molar-refractivity contribution < 1.29 is 9.53 Å². The topological polar surface area (TPSA) is 32.8 Å². The molecule has 0 bridgehead atoms. The highest BCUT2D eigenvalue weighted by Crippen LogP contribution is 2.25. The van der Waals surface area contributed by atoms with E-state index in [1.807, 2.05) is 29.2 Å². The van der Waals surface area contributed by atoms with Crippen molar-refractivity contribution in [3.05, 3.63) is 65.2 Å². The molecule has 1 saturated heterocycles. The molecular formula is C22H26N2O2. The Bertz CT molecular complexity index is 772. The zero-order valence-electron chi connectivity index (χ0n) is 15.4. The number of hydrogen-bond acceptors (Lipinski definition) is 3. The van der Waals surface area contributed by atoms with Crippen molar-refractivity contribution in [2.24, 2.45) is 0 Å². The molecular weight excluding hydrogens is 324 g/mol. The molecule has 0 spiro atoms. The van der Waals surface area contributed by atoms with Crippen LogP contribution < -0.4 is 4.74 Å². The van der Waals surface area contributed by atoms with Crippen LogP contribution in [0.1, 0.15) is 23.1 Å². The van der Waals surface area contributed by atoms with Gasteiger partial charge in [0.2, 0.25) is 5.91 Å². The molecule has 4 nitrogen and oxygen atoms in total. The van der Waals surface area contributed by atoms with Crippen molar-refractivity contribution in [1.29, 1.82) is 0 Å². The average Bonchev–Trinajstić information content (AvgIpc) is 3.18. The van der Waals surface area contributed by atoms with Crippen LogP contribution in [-0.4, -0.2) is 48.5 Å². The molecule has 0 radical (unpaired) electrons. The summed E-state index contributed by atoms with van der Waals surface area (Å²) >= 11 is 0. The van der Waals surface area contributed by atoms with Crippen LogP contribution in [0.2, 0.25) is 0 Å². The van der Waals surface area contributed by atoms with E-state index in [-0.39, 0.29) is 5.91 Å². The molecule has 2 aliphatic heterocycles. The predicted octanol–water partition coefficient (Wildman–Crippen LogP) is 2.90. The molecule has 4 heteroatoms. The number of rotatable bonds is 4. The molecule has 1 fully saturated rings. The third-order valence-corrected chi connectivity index (χ3v) is 5.71. The van der Waals surface area contributed by atoms with Gasteiger partial charge in [0.05, 0.1) is 13.5 Å².